The Morgan fingerprint density at radius 1 is 1.28 bits per heavy atom. The molecule has 0 fully saturated rings. The molecule has 1 N–H and O–H groups in total. The van der Waals surface area contributed by atoms with Gasteiger partial charge in [-0.05, 0) is 37.5 Å². The van der Waals surface area contributed by atoms with Crippen LogP contribution in [0.25, 0.3) is 0 Å². The number of benzene rings is 1. The molecule has 1 aliphatic heterocycles. The number of allylic oxidation sites excluding steroid dienone is 3. The van der Waals surface area contributed by atoms with Gasteiger partial charge in [0.1, 0.15) is 6.61 Å². The summed E-state index contributed by atoms with van der Waals surface area (Å²) in [5.74, 6) is 0.0628. The second-order valence-corrected chi connectivity index (χ2v) is 7.74. The van der Waals surface area contributed by atoms with Crippen molar-refractivity contribution >= 4 is 27.7 Å². The van der Waals surface area contributed by atoms with E-state index in [0.717, 1.165) is 24.1 Å². The van der Waals surface area contributed by atoms with Crippen LogP contribution in [0.5, 0.6) is 11.5 Å². The number of hydrogen-bond donors (Lipinski definition) is 1. The maximum absolute atomic E-state index is 12.9. The van der Waals surface area contributed by atoms with Crippen molar-refractivity contribution in [2.75, 3.05) is 20.8 Å². The van der Waals surface area contributed by atoms with Crippen LogP contribution in [0.1, 0.15) is 37.7 Å². The summed E-state index contributed by atoms with van der Waals surface area (Å²) in [4.78, 5) is 25.9. The molecular formula is C22H24BrNO5. The van der Waals surface area contributed by atoms with Crippen molar-refractivity contribution in [2.45, 2.75) is 32.1 Å². The van der Waals surface area contributed by atoms with Crippen molar-refractivity contribution in [3.63, 3.8) is 0 Å². The van der Waals surface area contributed by atoms with Gasteiger partial charge >= 0.3 is 5.97 Å². The van der Waals surface area contributed by atoms with E-state index >= 15 is 0 Å². The van der Waals surface area contributed by atoms with Gasteiger partial charge in [0.25, 0.3) is 0 Å². The summed E-state index contributed by atoms with van der Waals surface area (Å²) in [6, 6.07) is 3.59. The van der Waals surface area contributed by atoms with Gasteiger partial charge in [-0.25, -0.2) is 4.79 Å². The van der Waals surface area contributed by atoms with E-state index in [2.05, 4.69) is 27.8 Å². The van der Waals surface area contributed by atoms with Gasteiger partial charge in [0, 0.05) is 33.8 Å². The minimum Gasteiger partial charge on any atom is -0.493 e. The van der Waals surface area contributed by atoms with E-state index in [1.165, 1.54) is 6.08 Å². The molecule has 2 aliphatic rings. The van der Waals surface area contributed by atoms with Gasteiger partial charge in [-0.3, -0.25) is 4.79 Å². The quantitative estimate of drug-likeness (QED) is 0.506. The third kappa shape index (κ3) is 3.96. The maximum atomic E-state index is 12.9. The SMILES string of the molecule is C=CCOC(=O)C1=C(C)NC2=C(C(=O)CCC2)C1c1cc(OC)c(OC)cc1Br. The third-order valence-electron chi connectivity index (χ3n) is 5.14. The van der Waals surface area contributed by atoms with E-state index < -0.39 is 11.9 Å². The van der Waals surface area contributed by atoms with Crippen LogP contribution in [0, 0.1) is 0 Å². The molecule has 0 amide bonds. The largest absolute Gasteiger partial charge is 0.493 e. The molecule has 0 radical (unpaired) electrons. The zero-order valence-electron chi connectivity index (χ0n) is 16.8. The summed E-state index contributed by atoms with van der Waals surface area (Å²) >= 11 is 3.59. The van der Waals surface area contributed by atoms with Gasteiger partial charge in [-0.2, -0.15) is 0 Å². The normalized spacial score (nSPS) is 18.8. The number of Topliss-reactive ketones (excluding diaryl/α,β-unsaturated/α-hetero) is 1. The fourth-order valence-electron chi connectivity index (χ4n) is 3.87. The van der Waals surface area contributed by atoms with E-state index in [9.17, 15) is 9.59 Å². The average molecular weight is 462 g/mol. The van der Waals surface area contributed by atoms with Crippen LogP contribution < -0.4 is 14.8 Å². The molecule has 7 heteroatoms. The molecule has 0 bridgehead atoms. The van der Waals surface area contributed by atoms with Gasteiger partial charge < -0.3 is 19.5 Å². The molecule has 0 aromatic heterocycles. The summed E-state index contributed by atoms with van der Waals surface area (Å²) in [5, 5.41) is 3.27. The molecule has 1 heterocycles. The molecule has 1 atom stereocenters. The first-order valence-electron chi connectivity index (χ1n) is 9.36. The molecule has 0 spiro atoms. The van der Waals surface area contributed by atoms with Crippen molar-refractivity contribution < 1.29 is 23.8 Å². The molecule has 0 saturated heterocycles. The molecule has 1 aromatic carbocycles. The van der Waals surface area contributed by atoms with Gasteiger partial charge in [-0.1, -0.05) is 28.6 Å². The number of ketones is 1. The number of carbonyl (C=O) groups excluding carboxylic acids is 2. The highest BCUT2D eigenvalue weighted by Crippen LogP contribution is 2.47. The summed E-state index contributed by atoms with van der Waals surface area (Å²) in [7, 11) is 3.11. The maximum Gasteiger partial charge on any atom is 0.337 e. The van der Waals surface area contributed by atoms with E-state index in [0.29, 0.717) is 39.2 Å². The van der Waals surface area contributed by atoms with Crippen LogP contribution in [0.2, 0.25) is 0 Å². The molecule has 6 nitrogen and oxygen atoms in total. The van der Waals surface area contributed by atoms with Crippen molar-refractivity contribution in [1.29, 1.82) is 0 Å². The van der Waals surface area contributed by atoms with Gasteiger partial charge in [0.15, 0.2) is 17.3 Å². The fraction of sp³-hybridized carbons (Fsp3) is 0.364. The lowest BCUT2D eigenvalue weighted by molar-refractivity contribution is -0.138. The Balaban J connectivity index is 2.22. The number of dihydropyridines is 1. The molecule has 0 saturated carbocycles. The highest BCUT2D eigenvalue weighted by Gasteiger charge is 2.40. The Kier molecular flexibility index (Phi) is 6.47. The lowest BCUT2D eigenvalue weighted by atomic mass is 9.75. The summed E-state index contributed by atoms with van der Waals surface area (Å²) in [5.41, 5.74) is 3.32. The van der Waals surface area contributed by atoms with E-state index in [-0.39, 0.29) is 12.4 Å². The Morgan fingerprint density at radius 2 is 1.97 bits per heavy atom. The van der Waals surface area contributed by atoms with Crippen molar-refractivity contribution in [3.8, 4) is 11.5 Å². The van der Waals surface area contributed by atoms with E-state index in [1.807, 2.05) is 6.92 Å². The molecule has 1 aliphatic carbocycles. The lowest BCUT2D eigenvalue weighted by Gasteiger charge is -2.34. The van der Waals surface area contributed by atoms with Gasteiger partial charge in [0.05, 0.1) is 19.8 Å². The second kappa shape index (κ2) is 8.86. The number of halogens is 1. The van der Waals surface area contributed by atoms with Crippen LogP contribution in [0.4, 0.5) is 0 Å². The Morgan fingerprint density at radius 3 is 2.62 bits per heavy atom. The van der Waals surface area contributed by atoms with Crippen LogP contribution in [0.15, 0.2) is 51.8 Å². The first-order valence-corrected chi connectivity index (χ1v) is 10.2. The predicted octanol–water partition coefficient (Wildman–Crippen LogP) is 4.16. The number of esters is 1. The second-order valence-electron chi connectivity index (χ2n) is 6.88. The van der Waals surface area contributed by atoms with Crippen molar-refractivity contribution in [2.24, 2.45) is 0 Å². The number of nitrogens with one attached hydrogen (secondary N) is 1. The molecule has 3 rings (SSSR count). The fourth-order valence-corrected chi connectivity index (χ4v) is 4.42. The molecule has 154 valence electrons. The predicted molar refractivity (Wildman–Crippen MR) is 113 cm³/mol. The van der Waals surface area contributed by atoms with E-state index in [1.54, 1.807) is 26.4 Å². The number of ether oxygens (including phenoxy) is 3. The summed E-state index contributed by atoms with van der Waals surface area (Å²) < 4.78 is 16.9. The number of rotatable bonds is 6. The number of methoxy groups -OCH3 is 2. The highest BCUT2D eigenvalue weighted by molar-refractivity contribution is 9.10. The minimum absolute atomic E-state index is 0.0342. The van der Waals surface area contributed by atoms with Gasteiger partial charge in [-0.15, -0.1) is 0 Å². The van der Waals surface area contributed by atoms with Crippen LogP contribution in [0.3, 0.4) is 0 Å². The Labute approximate surface area is 178 Å². The Bertz CT molecular complexity index is 931. The third-order valence-corrected chi connectivity index (χ3v) is 5.83. The van der Waals surface area contributed by atoms with Crippen LogP contribution in [-0.2, 0) is 14.3 Å². The standard InChI is InChI=1S/C22H24BrNO5/c1-5-9-29-22(26)19-12(2)24-15-7-6-8-16(25)21(15)20(19)13-10-17(27-3)18(28-4)11-14(13)23/h5,10-11,20,24H,1,6-9H2,2-4H3. The van der Waals surface area contributed by atoms with Gasteiger partial charge in [0.2, 0.25) is 0 Å². The molecule has 1 unspecified atom stereocenters. The first kappa shape index (κ1) is 21.2. The lowest BCUT2D eigenvalue weighted by Crippen LogP contribution is -2.34. The molecule has 1 aromatic rings. The molecule has 29 heavy (non-hydrogen) atoms. The highest BCUT2D eigenvalue weighted by atomic mass is 79.9. The zero-order valence-corrected chi connectivity index (χ0v) is 18.4. The molecular weight excluding hydrogens is 438 g/mol. The zero-order chi connectivity index (χ0) is 21.1. The van der Waals surface area contributed by atoms with Crippen LogP contribution >= 0.6 is 15.9 Å². The average Bonchev–Trinajstić information content (AvgIpc) is 2.71. The number of carbonyl (C=O) groups is 2. The Hall–Kier alpha value is -2.54. The summed E-state index contributed by atoms with van der Waals surface area (Å²) in [6.45, 7) is 5.52. The monoisotopic (exact) mass is 461 g/mol. The topological polar surface area (TPSA) is 73.9 Å². The first-order chi connectivity index (χ1) is 13.9. The summed E-state index contributed by atoms with van der Waals surface area (Å²) in [6.07, 6.45) is 3.51. The number of hydrogen-bond acceptors (Lipinski definition) is 6. The van der Waals surface area contributed by atoms with E-state index in [4.69, 9.17) is 14.2 Å². The minimum atomic E-state index is -0.564. The van der Waals surface area contributed by atoms with Crippen molar-refractivity contribution in [1.82, 2.24) is 5.32 Å². The van der Waals surface area contributed by atoms with Crippen LogP contribution in [-0.4, -0.2) is 32.6 Å². The van der Waals surface area contributed by atoms with Crippen molar-refractivity contribution in [3.05, 3.63) is 57.4 Å². The smallest absolute Gasteiger partial charge is 0.337 e.